The van der Waals surface area contributed by atoms with E-state index < -0.39 is 27.9 Å². The Hall–Kier alpha value is -3.91. The predicted octanol–water partition coefficient (Wildman–Crippen LogP) is 1.19. The molecular formula is C21H25N7O5S2. The maximum Gasteiger partial charge on any atom is 0.326 e. The Labute approximate surface area is 205 Å². The lowest BCUT2D eigenvalue weighted by Crippen LogP contribution is -2.40. The van der Waals surface area contributed by atoms with Gasteiger partial charge >= 0.3 is 5.97 Å². The molecule has 0 saturated heterocycles. The Bertz CT molecular complexity index is 1330. The van der Waals surface area contributed by atoms with E-state index in [2.05, 4.69) is 20.1 Å². The minimum absolute atomic E-state index is 0.00541. The standard InChI is InChI=1S/C21H25N7O5S2/c1-28-12-14(11-25-28)13-4-6-15(7-5-13)35(32,33)27-16-8-10-34-18(16)19(29)26-17(20(30)31)3-2-9-24-21(22)23/h4-8,10-12,17,27H,2-3,9H2,1H3,(H,26,29)(H,30,31)(H4,22,23,24)/t17-/m0/s1. The molecule has 3 rings (SSSR count). The van der Waals surface area contributed by atoms with E-state index in [9.17, 15) is 23.1 Å². The summed E-state index contributed by atoms with van der Waals surface area (Å²) in [7, 11) is -2.22. The summed E-state index contributed by atoms with van der Waals surface area (Å²) in [4.78, 5) is 28.1. The molecule has 186 valence electrons. The van der Waals surface area contributed by atoms with E-state index in [0.717, 1.165) is 22.5 Å². The van der Waals surface area contributed by atoms with Gasteiger partial charge in [0.1, 0.15) is 10.9 Å². The predicted molar refractivity (Wildman–Crippen MR) is 133 cm³/mol. The number of aromatic nitrogens is 2. The highest BCUT2D eigenvalue weighted by Gasteiger charge is 2.24. The summed E-state index contributed by atoms with van der Waals surface area (Å²) in [5.74, 6) is -2.04. The van der Waals surface area contributed by atoms with Crippen molar-refractivity contribution in [3.63, 3.8) is 0 Å². The first-order valence-corrected chi connectivity index (χ1v) is 12.7. The third kappa shape index (κ3) is 6.80. The van der Waals surface area contributed by atoms with Gasteiger partial charge in [0.05, 0.1) is 16.8 Å². The quantitative estimate of drug-likeness (QED) is 0.141. The second kappa shape index (κ2) is 11.0. The fourth-order valence-corrected chi connectivity index (χ4v) is 5.04. The van der Waals surface area contributed by atoms with Crippen LogP contribution >= 0.6 is 11.3 Å². The van der Waals surface area contributed by atoms with Crippen LogP contribution in [-0.4, -0.2) is 53.7 Å². The molecule has 0 unspecified atom stereocenters. The lowest BCUT2D eigenvalue weighted by molar-refractivity contribution is -0.139. The molecule has 1 atom stereocenters. The smallest absolute Gasteiger partial charge is 0.326 e. The first kappa shape index (κ1) is 25.7. The number of aryl methyl sites for hydroxylation is 1. The number of hydrogen-bond donors (Lipinski definition) is 5. The molecule has 0 spiro atoms. The number of guanidine groups is 1. The monoisotopic (exact) mass is 519 g/mol. The molecule has 0 saturated carbocycles. The van der Waals surface area contributed by atoms with E-state index in [1.165, 1.54) is 23.6 Å². The van der Waals surface area contributed by atoms with Gasteiger partial charge in [-0.15, -0.1) is 11.3 Å². The Kier molecular flexibility index (Phi) is 8.09. The molecule has 7 N–H and O–H groups in total. The number of thiophene rings is 1. The van der Waals surface area contributed by atoms with Crippen molar-refractivity contribution in [2.45, 2.75) is 23.8 Å². The van der Waals surface area contributed by atoms with Crippen molar-refractivity contribution >= 4 is 44.9 Å². The molecule has 0 aliphatic carbocycles. The summed E-state index contributed by atoms with van der Waals surface area (Å²) < 4.78 is 29.9. The third-order valence-electron chi connectivity index (χ3n) is 4.87. The molecule has 1 aromatic carbocycles. The number of carbonyl (C=O) groups is 2. The number of nitrogens with one attached hydrogen (secondary N) is 2. The number of rotatable bonds is 11. The molecule has 0 fully saturated rings. The number of anilines is 1. The van der Waals surface area contributed by atoms with Gasteiger partial charge in [0, 0.05) is 25.4 Å². The second-order valence-corrected chi connectivity index (χ2v) is 10.1. The van der Waals surface area contributed by atoms with Gasteiger partial charge in [0.25, 0.3) is 15.9 Å². The van der Waals surface area contributed by atoms with Crippen LogP contribution in [0.5, 0.6) is 0 Å². The number of nitrogens with zero attached hydrogens (tertiary/aromatic N) is 3. The van der Waals surface area contributed by atoms with Gasteiger partial charge in [-0.05, 0) is 42.0 Å². The van der Waals surface area contributed by atoms with Crippen molar-refractivity contribution in [1.29, 1.82) is 0 Å². The zero-order valence-electron chi connectivity index (χ0n) is 18.7. The van der Waals surface area contributed by atoms with Crippen LogP contribution in [0.3, 0.4) is 0 Å². The molecule has 35 heavy (non-hydrogen) atoms. The summed E-state index contributed by atoms with van der Waals surface area (Å²) in [6, 6.07) is 6.47. The van der Waals surface area contributed by atoms with Crippen molar-refractivity contribution in [3.8, 4) is 11.1 Å². The molecule has 0 aliphatic heterocycles. The Balaban J connectivity index is 1.70. The van der Waals surface area contributed by atoms with Crippen LogP contribution in [0.15, 0.2) is 58.0 Å². The largest absolute Gasteiger partial charge is 0.480 e. The summed E-state index contributed by atoms with van der Waals surface area (Å²) in [6.45, 7) is 0.214. The summed E-state index contributed by atoms with van der Waals surface area (Å²) in [6.07, 6.45) is 3.90. The van der Waals surface area contributed by atoms with Crippen molar-refractivity contribution in [2.75, 3.05) is 11.3 Å². The first-order valence-electron chi connectivity index (χ1n) is 10.4. The first-order chi connectivity index (χ1) is 16.6. The second-order valence-electron chi connectivity index (χ2n) is 7.51. The zero-order valence-corrected chi connectivity index (χ0v) is 20.3. The maximum atomic E-state index is 12.9. The van der Waals surface area contributed by atoms with Crippen molar-refractivity contribution in [2.24, 2.45) is 23.5 Å². The Morgan fingerprint density at radius 1 is 1.20 bits per heavy atom. The van der Waals surface area contributed by atoms with Gasteiger partial charge in [-0.2, -0.15) is 5.10 Å². The van der Waals surface area contributed by atoms with Gasteiger partial charge in [-0.1, -0.05) is 12.1 Å². The summed E-state index contributed by atoms with van der Waals surface area (Å²) in [5.41, 5.74) is 12.2. The van der Waals surface area contributed by atoms with Crippen molar-refractivity contribution in [3.05, 3.63) is 53.0 Å². The van der Waals surface area contributed by atoms with Crippen LogP contribution in [0.25, 0.3) is 11.1 Å². The average molecular weight is 520 g/mol. The minimum Gasteiger partial charge on any atom is -0.480 e. The van der Waals surface area contributed by atoms with Gasteiger partial charge < -0.3 is 21.9 Å². The lowest BCUT2D eigenvalue weighted by atomic mass is 10.1. The number of sulfonamides is 1. The Morgan fingerprint density at radius 3 is 2.51 bits per heavy atom. The van der Waals surface area contributed by atoms with Gasteiger partial charge in [-0.3, -0.25) is 19.2 Å². The van der Waals surface area contributed by atoms with Crippen LogP contribution < -0.4 is 21.5 Å². The molecular weight excluding hydrogens is 494 g/mol. The van der Waals surface area contributed by atoms with E-state index in [0.29, 0.717) is 6.42 Å². The number of nitrogens with two attached hydrogens (primary N) is 2. The number of amides is 1. The van der Waals surface area contributed by atoms with Crippen LogP contribution in [0.4, 0.5) is 5.69 Å². The molecule has 14 heteroatoms. The zero-order chi connectivity index (χ0) is 25.6. The SMILES string of the molecule is Cn1cc(-c2ccc(S(=O)(=O)Nc3ccsc3C(=O)N[C@@H](CCCN=C(N)N)C(=O)O)cc2)cn1. The van der Waals surface area contributed by atoms with Gasteiger partial charge in [-0.25, -0.2) is 13.2 Å². The van der Waals surface area contributed by atoms with Crippen molar-refractivity contribution < 1.29 is 23.1 Å². The highest BCUT2D eigenvalue weighted by molar-refractivity contribution is 7.92. The minimum atomic E-state index is -4.00. The van der Waals surface area contributed by atoms with Crippen LogP contribution in [0.2, 0.25) is 0 Å². The van der Waals surface area contributed by atoms with E-state index in [-0.39, 0.29) is 34.4 Å². The molecule has 2 heterocycles. The number of hydrogen-bond acceptors (Lipinski definition) is 7. The van der Waals surface area contributed by atoms with Crippen molar-refractivity contribution in [1.82, 2.24) is 15.1 Å². The van der Waals surface area contributed by atoms with Crippen LogP contribution in [0.1, 0.15) is 22.5 Å². The summed E-state index contributed by atoms with van der Waals surface area (Å²) in [5, 5.41) is 17.5. The van der Waals surface area contributed by atoms with E-state index >= 15 is 0 Å². The fraction of sp³-hybridized carbons (Fsp3) is 0.238. The number of aliphatic imine (C=N–C) groups is 1. The molecule has 1 amide bonds. The molecule has 3 aromatic rings. The van der Waals surface area contributed by atoms with Crippen LogP contribution in [0, 0.1) is 0 Å². The van der Waals surface area contributed by atoms with E-state index in [1.54, 1.807) is 30.1 Å². The maximum absolute atomic E-state index is 12.9. The summed E-state index contributed by atoms with van der Waals surface area (Å²) >= 11 is 0.985. The number of carboxylic acids is 1. The average Bonchev–Trinajstić information content (AvgIpc) is 3.44. The molecule has 0 bridgehead atoms. The lowest BCUT2D eigenvalue weighted by Gasteiger charge is -2.15. The molecule has 2 aromatic heterocycles. The third-order valence-corrected chi connectivity index (χ3v) is 7.16. The highest BCUT2D eigenvalue weighted by atomic mass is 32.2. The van der Waals surface area contributed by atoms with Gasteiger partial charge in [0.15, 0.2) is 5.96 Å². The van der Waals surface area contributed by atoms with E-state index in [1.807, 2.05) is 6.20 Å². The topological polar surface area (TPSA) is 195 Å². The molecule has 0 radical (unpaired) electrons. The highest BCUT2D eigenvalue weighted by Crippen LogP contribution is 2.27. The Morgan fingerprint density at radius 2 is 1.91 bits per heavy atom. The van der Waals surface area contributed by atoms with Crippen LogP contribution in [-0.2, 0) is 21.9 Å². The van der Waals surface area contributed by atoms with E-state index in [4.69, 9.17) is 11.5 Å². The molecule has 0 aliphatic rings. The number of benzene rings is 1. The van der Waals surface area contributed by atoms with Gasteiger partial charge in [0.2, 0.25) is 0 Å². The number of carboxylic acid groups (broad SMARTS) is 1. The fourth-order valence-electron chi connectivity index (χ4n) is 3.15. The number of aliphatic carboxylic acids is 1. The molecule has 12 nitrogen and oxygen atoms in total. The normalized spacial score (nSPS) is 12.0. The number of carbonyl (C=O) groups excluding carboxylic acids is 1.